The van der Waals surface area contributed by atoms with Crippen LogP contribution in [0.3, 0.4) is 0 Å². The third kappa shape index (κ3) is 5.30. The highest BCUT2D eigenvalue weighted by Crippen LogP contribution is 2.27. The van der Waals surface area contributed by atoms with E-state index in [1.807, 2.05) is 37.3 Å². The average Bonchev–Trinajstić information content (AvgIpc) is 2.55. The monoisotopic (exact) mass is 350 g/mol. The number of ether oxygens (including phenoxy) is 2. The van der Waals surface area contributed by atoms with Gasteiger partial charge in [0, 0.05) is 12.2 Å². The van der Waals surface area contributed by atoms with Gasteiger partial charge in [-0.3, -0.25) is 0 Å². The van der Waals surface area contributed by atoms with Crippen LogP contribution >= 0.6 is 23.8 Å². The minimum atomic E-state index is 0.528. The fourth-order valence-electron chi connectivity index (χ4n) is 1.97. The fourth-order valence-corrected chi connectivity index (χ4v) is 2.42. The molecular formula is C17H19ClN2O2S. The van der Waals surface area contributed by atoms with Gasteiger partial charge in [0.25, 0.3) is 0 Å². The molecule has 0 saturated heterocycles. The first-order chi connectivity index (χ1) is 11.1. The molecule has 2 aromatic rings. The Morgan fingerprint density at radius 1 is 1.17 bits per heavy atom. The van der Waals surface area contributed by atoms with Crippen molar-refractivity contribution in [3.63, 3.8) is 0 Å². The molecule has 0 radical (unpaired) electrons. The Morgan fingerprint density at radius 2 is 1.91 bits per heavy atom. The van der Waals surface area contributed by atoms with Crippen molar-refractivity contribution in [1.82, 2.24) is 5.32 Å². The molecule has 6 heteroatoms. The Labute approximate surface area is 146 Å². The number of thiocarbonyl (C=S) groups is 1. The normalized spacial score (nSPS) is 10.0. The van der Waals surface area contributed by atoms with Crippen LogP contribution in [0.25, 0.3) is 0 Å². The zero-order chi connectivity index (χ0) is 16.7. The molecule has 0 unspecified atom stereocenters. The Hall–Kier alpha value is -1.98. The second kappa shape index (κ2) is 8.60. The summed E-state index contributed by atoms with van der Waals surface area (Å²) in [5, 5.41) is 7.31. The van der Waals surface area contributed by atoms with Gasteiger partial charge in [-0.05, 0) is 55.0 Å². The van der Waals surface area contributed by atoms with Crippen molar-refractivity contribution in [3.05, 3.63) is 53.1 Å². The summed E-state index contributed by atoms with van der Waals surface area (Å²) in [6.07, 6.45) is 0. The van der Waals surface area contributed by atoms with Gasteiger partial charge in [0.15, 0.2) is 5.11 Å². The summed E-state index contributed by atoms with van der Waals surface area (Å²) in [5.74, 6) is 1.50. The molecule has 23 heavy (non-hydrogen) atoms. The van der Waals surface area contributed by atoms with Crippen molar-refractivity contribution >= 4 is 34.6 Å². The van der Waals surface area contributed by atoms with Crippen LogP contribution in [0.15, 0.2) is 42.5 Å². The van der Waals surface area contributed by atoms with Crippen LogP contribution in [-0.4, -0.2) is 18.8 Å². The first kappa shape index (κ1) is 17.4. The van der Waals surface area contributed by atoms with Crippen molar-refractivity contribution in [2.45, 2.75) is 13.5 Å². The molecule has 2 aromatic carbocycles. The maximum absolute atomic E-state index is 6.09. The predicted octanol–water partition coefficient (Wildman–Crippen LogP) is 4.23. The number of anilines is 1. The number of halogens is 1. The van der Waals surface area contributed by atoms with Gasteiger partial charge in [-0.25, -0.2) is 0 Å². The van der Waals surface area contributed by atoms with Crippen LogP contribution in [0, 0.1) is 0 Å². The smallest absolute Gasteiger partial charge is 0.171 e. The molecule has 2 N–H and O–H groups in total. The molecule has 0 heterocycles. The van der Waals surface area contributed by atoms with E-state index in [1.54, 1.807) is 19.2 Å². The molecule has 0 aliphatic carbocycles. The Bertz CT molecular complexity index is 662. The van der Waals surface area contributed by atoms with Crippen LogP contribution in [0.5, 0.6) is 11.5 Å². The maximum atomic E-state index is 6.09. The zero-order valence-corrected chi connectivity index (χ0v) is 14.6. The van der Waals surface area contributed by atoms with E-state index in [4.69, 9.17) is 33.3 Å². The molecule has 4 nitrogen and oxygen atoms in total. The highest BCUT2D eigenvalue weighted by atomic mass is 35.5. The summed E-state index contributed by atoms with van der Waals surface area (Å²) in [5.41, 5.74) is 1.92. The van der Waals surface area contributed by atoms with E-state index in [1.165, 1.54) is 0 Å². The van der Waals surface area contributed by atoms with Crippen molar-refractivity contribution in [3.8, 4) is 11.5 Å². The standard InChI is InChI=1S/C17H19ClN2O2S/c1-3-22-14-7-4-12(5-8-14)11-19-17(23)20-13-6-9-16(21-2)15(18)10-13/h4-10H,3,11H2,1-2H3,(H2,19,20,23). The number of hydrogen-bond acceptors (Lipinski definition) is 3. The molecule has 0 aliphatic heterocycles. The molecule has 0 aromatic heterocycles. The molecule has 0 fully saturated rings. The van der Waals surface area contributed by atoms with Crippen molar-refractivity contribution < 1.29 is 9.47 Å². The lowest BCUT2D eigenvalue weighted by Gasteiger charge is -2.12. The third-order valence-corrected chi connectivity index (χ3v) is 3.64. The average molecular weight is 351 g/mol. The van der Waals surface area contributed by atoms with E-state index in [9.17, 15) is 0 Å². The second-order valence-electron chi connectivity index (χ2n) is 4.73. The number of hydrogen-bond donors (Lipinski definition) is 2. The van der Waals surface area contributed by atoms with Gasteiger partial charge in [-0.1, -0.05) is 23.7 Å². The van der Waals surface area contributed by atoms with Gasteiger partial charge < -0.3 is 20.1 Å². The Balaban J connectivity index is 1.86. The van der Waals surface area contributed by atoms with E-state index in [2.05, 4.69) is 10.6 Å². The van der Waals surface area contributed by atoms with Crippen LogP contribution in [0.1, 0.15) is 12.5 Å². The highest BCUT2D eigenvalue weighted by molar-refractivity contribution is 7.80. The number of methoxy groups -OCH3 is 1. The zero-order valence-electron chi connectivity index (χ0n) is 13.1. The Kier molecular flexibility index (Phi) is 6.50. The molecule has 2 rings (SSSR count). The molecule has 0 amide bonds. The highest BCUT2D eigenvalue weighted by Gasteiger charge is 2.03. The van der Waals surface area contributed by atoms with Gasteiger partial charge in [0.1, 0.15) is 11.5 Å². The van der Waals surface area contributed by atoms with Crippen molar-refractivity contribution in [2.75, 3.05) is 19.0 Å². The molecular weight excluding hydrogens is 332 g/mol. The minimum absolute atomic E-state index is 0.528. The van der Waals surface area contributed by atoms with E-state index >= 15 is 0 Å². The van der Waals surface area contributed by atoms with Gasteiger partial charge in [-0.15, -0.1) is 0 Å². The number of rotatable bonds is 6. The first-order valence-corrected chi connectivity index (χ1v) is 8.01. The van der Waals surface area contributed by atoms with Crippen LogP contribution in [0.2, 0.25) is 5.02 Å². The Morgan fingerprint density at radius 3 is 2.52 bits per heavy atom. The second-order valence-corrected chi connectivity index (χ2v) is 5.55. The first-order valence-electron chi connectivity index (χ1n) is 7.22. The molecule has 0 atom stereocenters. The van der Waals surface area contributed by atoms with E-state index < -0.39 is 0 Å². The lowest BCUT2D eigenvalue weighted by molar-refractivity contribution is 0.340. The van der Waals surface area contributed by atoms with Gasteiger partial charge in [-0.2, -0.15) is 0 Å². The largest absolute Gasteiger partial charge is 0.495 e. The van der Waals surface area contributed by atoms with E-state index in [0.717, 1.165) is 17.0 Å². The molecule has 0 saturated carbocycles. The molecule has 0 bridgehead atoms. The predicted molar refractivity (Wildman–Crippen MR) is 98.7 cm³/mol. The van der Waals surface area contributed by atoms with Gasteiger partial charge in [0.05, 0.1) is 18.7 Å². The summed E-state index contributed by atoms with van der Waals surface area (Å²) in [6.45, 7) is 3.25. The molecule has 0 aliphatic rings. The summed E-state index contributed by atoms with van der Waals surface area (Å²) >= 11 is 11.4. The van der Waals surface area contributed by atoms with Crippen LogP contribution in [0.4, 0.5) is 5.69 Å². The third-order valence-electron chi connectivity index (χ3n) is 3.10. The fraction of sp³-hybridized carbons (Fsp3) is 0.235. The molecule has 0 spiro atoms. The number of nitrogens with one attached hydrogen (secondary N) is 2. The summed E-state index contributed by atoms with van der Waals surface area (Å²) in [4.78, 5) is 0. The van der Waals surface area contributed by atoms with Crippen molar-refractivity contribution in [1.29, 1.82) is 0 Å². The quantitative estimate of drug-likeness (QED) is 0.763. The summed E-state index contributed by atoms with van der Waals surface area (Å²) in [7, 11) is 1.58. The SMILES string of the molecule is CCOc1ccc(CNC(=S)Nc2ccc(OC)c(Cl)c2)cc1. The van der Waals surface area contributed by atoms with Gasteiger partial charge in [0.2, 0.25) is 0 Å². The molecule has 122 valence electrons. The van der Waals surface area contributed by atoms with Gasteiger partial charge >= 0.3 is 0 Å². The van der Waals surface area contributed by atoms with Crippen LogP contribution in [-0.2, 0) is 6.54 Å². The lowest BCUT2D eigenvalue weighted by atomic mass is 10.2. The van der Waals surface area contributed by atoms with Crippen molar-refractivity contribution in [2.24, 2.45) is 0 Å². The van der Waals surface area contributed by atoms with E-state index in [-0.39, 0.29) is 0 Å². The lowest BCUT2D eigenvalue weighted by Crippen LogP contribution is -2.27. The summed E-state index contributed by atoms with van der Waals surface area (Å²) in [6, 6.07) is 13.3. The maximum Gasteiger partial charge on any atom is 0.171 e. The number of benzene rings is 2. The topological polar surface area (TPSA) is 42.5 Å². The van der Waals surface area contributed by atoms with Crippen LogP contribution < -0.4 is 20.1 Å². The van der Waals surface area contributed by atoms with E-state index in [0.29, 0.717) is 29.0 Å². The minimum Gasteiger partial charge on any atom is -0.495 e. The summed E-state index contributed by atoms with van der Waals surface area (Å²) < 4.78 is 10.5.